The Bertz CT molecular complexity index is 454. The van der Waals surface area contributed by atoms with Crippen molar-refractivity contribution in [3.63, 3.8) is 0 Å². The van der Waals surface area contributed by atoms with Crippen LogP contribution in [-0.4, -0.2) is 24.4 Å². The van der Waals surface area contributed by atoms with E-state index in [0.717, 1.165) is 12.1 Å². The van der Waals surface area contributed by atoms with Gasteiger partial charge in [-0.15, -0.1) is 13.2 Å². The van der Waals surface area contributed by atoms with Crippen molar-refractivity contribution in [2.75, 3.05) is 13.1 Å². The Balaban J connectivity index is 2.28. The summed E-state index contributed by atoms with van der Waals surface area (Å²) in [5, 5.41) is 0. The summed E-state index contributed by atoms with van der Waals surface area (Å²) in [7, 11) is 3.78. The first-order valence-corrected chi connectivity index (χ1v) is 5.55. The van der Waals surface area contributed by atoms with Crippen LogP contribution in [0.4, 0.5) is 13.2 Å². The molecule has 2 rings (SSSR count). The fourth-order valence-corrected chi connectivity index (χ4v) is 1.90. The molecular formula is C13H13F3NO. The lowest BCUT2D eigenvalue weighted by Gasteiger charge is -2.23. The molecule has 1 aromatic carbocycles. The topological polar surface area (TPSA) is 12.5 Å². The summed E-state index contributed by atoms with van der Waals surface area (Å²) in [6.07, 6.45) is -2.11. The van der Waals surface area contributed by atoms with Crippen LogP contribution in [0, 0.1) is 7.05 Å². The van der Waals surface area contributed by atoms with Gasteiger partial charge in [0.25, 0.3) is 0 Å². The second-order valence-electron chi connectivity index (χ2n) is 4.10. The molecule has 2 nitrogen and oxygen atoms in total. The Morgan fingerprint density at radius 2 is 1.94 bits per heavy atom. The van der Waals surface area contributed by atoms with Crippen molar-refractivity contribution in [1.82, 2.24) is 4.90 Å². The number of para-hydroxylation sites is 1. The fraction of sp³-hybridized carbons (Fsp3) is 0.308. The number of nitrogens with zero attached hydrogens (tertiary/aromatic N) is 1. The van der Waals surface area contributed by atoms with E-state index in [4.69, 9.17) is 0 Å². The van der Waals surface area contributed by atoms with Gasteiger partial charge in [0.15, 0.2) is 0 Å². The lowest BCUT2D eigenvalue weighted by atomic mass is 9.99. The summed E-state index contributed by atoms with van der Waals surface area (Å²) >= 11 is 0. The van der Waals surface area contributed by atoms with Crippen LogP contribution < -0.4 is 4.74 Å². The minimum atomic E-state index is -4.66. The smallest absolute Gasteiger partial charge is 0.405 e. The van der Waals surface area contributed by atoms with Crippen molar-refractivity contribution >= 4 is 5.57 Å². The molecular weight excluding hydrogens is 243 g/mol. The van der Waals surface area contributed by atoms with Crippen LogP contribution in [0.1, 0.15) is 12.0 Å². The molecule has 0 saturated carbocycles. The van der Waals surface area contributed by atoms with Gasteiger partial charge < -0.3 is 4.74 Å². The molecule has 1 aromatic rings. The maximum Gasteiger partial charge on any atom is 0.573 e. The van der Waals surface area contributed by atoms with Crippen LogP contribution >= 0.6 is 0 Å². The van der Waals surface area contributed by atoms with Gasteiger partial charge in [0.1, 0.15) is 5.75 Å². The molecule has 0 amide bonds. The van der Waals surface area contributed by atoms with E-state index in [1.54, 1.807) is 12.1 Å². The van der Waals surface area contributed by atoms with Crippen LogP contribution in [0.15, 0.2) is 30.3 Å². The van der Waals surface area contributed by atoms with Crippen LogP contribution in [0.3, 0.4) is 0 Å². The van der Waals surface area contributed by atoms with Gasteiger partial charge in [0, 0.05) is 25.7 Å². The largest absolute Gasteiger partial charge is 0.573 e. The lowest BCUT2D eigenvalue weighted by molar-refractivity contribution is -0.274. The second-order valence-corrected chi connectivity index (χ2v) is 4.10. The molecule has 1 aliphatic rings. The standard InChI is InChI=1S/C13H13F3NO/c1-17-8-6-10(7-9-17)11-4-2-3-5-12(11)18-13(14,15)16/h2-6H,1,7-9H2. The van der Waals surface area contributed by atoms with E-state index in [9.17, 15) is 13.2 Å². The summed E-state index contributed by atoms with van der Waals surface area (Å²) in [6, 6.07) is 6.21. The Kier molecular flexibility index (Phi) is 3.61. The van der Waals surface area contributed by atoms with Crippen LogP contribution in [-0.2, 0) is 0 Å². The molecule has 0 unspecified atom stereocenters. The van der Waals surface area contributed by atoms with Gasteiger partial charge in [-0.2, -0.15) is 0 Å². The zero-order valence-electron chi connectivity index (χ0n) is 9.70. The monoisotopic (exact) mass is 256 g/mol. The maximum absolute atomic E-state index is 12.3. The summed E-state index contributed by atoms with van der Waals surface area (Å²) in [5.41, 5.74) is 1.37. The first-order valence-electron chi connectivity index (χ1n) is 5.55. The number of alkyl halides is 3. The van der Waals surface area contributed by atoms with Gasteiger partial charge >= 0.3 is 6.36 Å². The average molecular weight is 256 g/mol. The van der Waals surface area contributed by atoms with Gasteiger partial charge in [-0.05, 0) is 18.1 Å². The minimum absolute atomic E-state index is 0.145. The Morgan fingerprint density at radius 1 is 1.22 bits per heavy atom. The molecule has 0 aromatic heterocycles. The number of hydrogen-bond acceptors (Lipinski definition) is 2. The Morgan fingerprint density at radius 3 is 2.56 bits per heavy atom. The molecule has 1 radical (unpaired) electrons. The van der Waals surface area contributed by atoms with Crippen molar-refractivity contribution < 1.29 is 17.9 Å². The lowest BCUT2D eigenvalue weighted by Crippen LogP contribution is -2.22. The van der Waals surface area contributed by atoms with E-state index in [0.29, 0.717) is 18.5 Å². The van der Waals surface area contributed by atoms with E-state index < -0.39 is 6.36 Å². The zero-order valence-corrected chi connectivity index (χ0v) is 9.70. The van der Waals surface area contributed by atoms with Gasteiger partial charge in [0.2, 0.25) is 0 Å². The molecule has 0 aliphatic carbocycles. The SMILES string of the molecule is [CH2]N1CC=C(c2ccccc2OC(F)(F)F)CC1. The number of rotatable bonds is 2. The molecule has 1 heterocycles. The minimum Gasteiger partial charge on any atom is -0.405 e. The molecule has 97 valence electrons. The molecule has 18 heavy (non-hydrogen) atoms. The maximum atomic E-state index is 12.3. The quantitative estimate of drug-likeness (QED) is 0.803. The third-order valence-corrected chi connectivity index (χ3v) is 2.75. The van der Waals surface area contributed by atoms with E-state index in [2.05, 4.69) is 11.8 Å². The fourth-order valence-electron chi connectivity index (χ4n) is 1.90. The molecule has 0 fully saturated rings. The first kappa shape index (κ1) is 13.0. The summed E-state index contributed by atoms with van der Waals surface area (Å²) in [4.78, 5) is 1.86. The number of hydrogen-bond donors (Lipinski definition) is 0. The van der Waals surface area contributed by atoms with Crippen molar-refractivity contribution in [3.8, 4) is 5.75 Å². The Labute approximate surface area is 104 Å². The third kappa shape index (κ3) is 3.26. The number of benzene rings is 1. The van der Waals surface area contributed by atoms with Gasteiger partial charge in [0.05, 0.1) is 0 Å². The molecule has 0 saturated heterocycles. The highest BCUT2D eigenvalue weighted by atomic mass is 19.4. The molecule has 1 aliphatic heterocycles. The van der Waals surface area contributed by atoms with Crippen LogP contribution in [0.5, 0.6) is 5.75 Å². The van der Waals surface area contributed by atoms with Crippen LogP contribution in [0.25, 0.3) is 5.57 Å². The number of ether oxygens (including phenoxy) is 1. The van der Waals surface area contributed by atoms with E-state index in [1.807, 2.05) is 11.0 Å². The van der Waals surface area contributed by atoms with Crippen LogP contribution in [0.2, 0.25) is 0 Å². The molecule has 0 spiro atoms. The third-order valence-electron chi connectivity index (χ3n) is 2.75. The summed E-state index contributed by atoms with van der Waals surface area (Å²) in [6.45, 7) is 1.36. The van der Waals surface area contributed by atoms with Crippen molar-refractivity contribution in [2.24, 2.45) is 0 Å². The molecule has 0 bridgehead atoms. The summed E-state index contributed by atoms with van der Waals surface area (Å²) < 4.78 is 40.9. The second kappa shape index (κ2) is 5.02. The predicted molar refractivity (Wildman–Crippen MR) is 62.6 cm³/mol. The highest BCUT2D eigenvalue weighted by molar-refractivity contribution is 5.71. The van der Waals surface area contributed by atoms with E-state index in [-0.39, 0.29) is 5.75 Å². The predicted octanol–water partition coefficient (Wildman–Crippen LogP) is 3.47. The summed E-state index contributed by atoms with van der Waals surface area (Å²) in [5.74, 6) is -0.145. The highest BCUT2D eigenvalue weighted by Gasteiger charge is 2.32. The molecule has 5 heteroatoms. The highest BCUT2D eigenvalue weighted by Crippen LogP contribution is 2.33. The van der Waals surface area contributed by atoms with E-state index >= 15 is 0 Å². The van der Waals surface area contributed by atoms with Crippen molar-refractivity contribution in [3.05, 3.63) is 43.0 Å². The van der Waals surface area contributed by atoms with Gasteiger partial charge in [-0.1, -0.05) is 24.3 Å². The first-order chi connectivity index (χ1) is 8.46. The average Bonchev–Trinajstić information content (AvgIpc) is 2.29. The van der Waals surface area contributed by atoms with E-state index in [1.165, 1.54) is 12.1 Å². The molecule has 0 N–H and O–H groups in total. The van der Waals surface area contributed by atoms with Crippen molar-refractivity contribution in [1.29, 1.82) is 0 Å². The Hall–Kier alpha value is -1.49. The molecule has 0 atom stereocenters. The van der Waals surface area contributed by atoms with Crippen molar-refractivity contribution in [2.45, 2.75) is 12.8 Å². The zero-order chi connectivity index (χ0) is 13.2. The van der Waals surface area contributed by atoms with Gasteiger partial charge in [-0.3, -0.25) is 4.90 Å². The van der Waals surface area contributed by atoms with Gasteiger partial charge in [-0.25, -0.2) is 0 Å². The number of halogens is 3. The normalized spacial score (nSPS) is 17.4.